The van der Waals surface area contributed by atoms with Crippen molar-refractivity contribution in [3.8, 4) is 0 Å². The van der Waals surface area contributed by atoms with Crippen molar-refractivity contribution in [3.63, 3.8) is 0 Å². The van der Waals surface area contributed by atoms with E-state index in [4.69, 9.17) is 4.74 Å². The third-order valence-electron chi connectivity index (χ3n) is 8.37. The van der Waals surface area contributed by atoms with Gasteiger partial charge in [0.05, 0.1) is 12.5 Å². The van der Waals surface area contributed by atoms with Crippen LogP contribution in [0.15, 0.2) is 12.2 Å². The number of esters is 1. The van der Waals surface area contributed by atoms with E-state index < -0.39 is 6.10 Å². The van der Waals surface area contributed by atoms with Crippen LogP contribution < -0.4 is 0 Å². The summed E-state index contributed by atoms with van der Waals surface area (Å²) in [5, 5.41) is 10.4. The molecule has 3 heteroatoms. The minimum absolute atomic E-state index is 0.171. The van der Waals surface area contributed by atoms with Gasteiger partial charge in [0.2, 0.25) is 0 Å². The SMILES string of the molecule is CCC1(OC(=O)CC(O)CCC2CC3C=CC2C3)CCC2CC(C)CC1C2. The lowest BCUT2D eigenvalue weighted by atomic mass is 9.61. The van der Waals surface area contributed by atoms with Crippen molar-refractivity contribution in [2.45, 2.75) is 96.2 Å². The average molecular weight is 375 g/mol. The van der Waals surface area contributed by atoms with Crippen molar-refractivity contribution in [2.24, 2.45) is 35.5 Å². The Morgan fingerprint density at radius 3 is 2.78 bits per heavy atom. The maximum absolute atomic E-state index is 12.7. The van der Waals surface area contributed by atoms with Crippen molar-refractivity contribution >= 4 is 5.97 Å². The van der Waals surface area contributed by atoms with E-state index in [1.165, 1.54) is 38.5 Å². The fourth-order valence-corrected chi connectivity index (χ4v) is 6.93. The van der Waals surface area contributed by atoms with Crippen LogP contribution in [0.3, 0.4) is 0 Å². The molecule has 0 amide bonds. The molecule has 3 fully saturated rings. The number of carbonyl (C=O) groups excluding carboxylic acids is 1. The lowest BCUT2D eigenvalue weighted by Crippen LogP contribution is -2.49. The zero-order valence-electron chi connectivity index (χ0n) is 17.2. The van der Waals surface area contributed by atoms with Crippen LogP contribution in [-0.2, 0) is 9.53 Å². The van der Waals surface area contributed by atoms with E-state index in [0.717, 1.165) is 49.4 Å². The smallest absolute Gasteiger partial charge is 0.308 e. The fourth-order valence-electron chi connectivity index (χ4n) is 6.93. The number of hydrogen-bond donors (Lipinski definition) is 1. The number of fused-ring (bicyclic) bond motifs is 4. The summed E-state index contributed by atoms with van der Waals surface area (Å²) in [7, 11) is 0. The minimum atomic E-state index is -0.545. The van der Waals surface area contributed by atoms with E-state index >= 15 is 0 Å². The van der Waals surface area contributed by atoms with Gasteiger partial charge in [0.25, 0.3) is 0 Å². The first-order valence-electron chi connectivity index (χ1n) is 11.6. The van der Waals surface area contributed by atoms with E-state index in [9.17, 15) is 9.90 Å². The van der Waals surface area contributed by atoms with Gasteiger partial charge in [-0.1, -0.05) is 26.0 Å². The van der Waals surface area contributed by atoms with Crippen LogP contribution >= 0.6 is 0 Å². The molecule has 0 spiro atoms. The highest BCUT2D eigenvalue weighted by atomic mass is 16.6. The third-order valence-corrected chi connectivity index (χ3v) is 8.37. The summed E-state index contributed by atoms with van der Waals surface area (Å²) in [6, 6.07) is 0. The Bertz CT molecular complexity index is 568. The van der Waals surface area contributed by atoms with Gasteiger partial charge in [0.1, 0.15) is 5.60 Å². The van der Waals surface area contributed by atoms with Crippen LogP contribution in [0.25, 0.3) is 0 Å². The van der Waals surface area contributed by atoms with Gasteiger partial charge in [-0.2, -0.15) is 0 Å². The summed E-state index contributed by atoms with van der Waals surface area (Å²) in [5.74, 6) is 4.14. The third kappa shape index (κ3) is 4.13. The first-order chi connectivity index (χ1) is 13.0. The van der Waals surface area contributed by atoms with Crippen LogP contribution in [0.2, 0.25) is 0 Å². The average Bonchev–Trinajstić information content (AvgIpc) is 3.25. The van der Waals surface area contributed by atoms with E-state index in [0.29, 0.717) is 11.8 Å². The standard InChI is InChI=1S/C24H38O3/c1-3-24(9-8-18-10-16(2)11-21(24)14-18)27-23(26)15-22(25)7-6-20-13-17-4-5-19(20)12-17/h4-5,16-22,25H,3,6-15H2,1-2H3. The quantitative estimate of drug-likeness (QED) is 0.488. The first kappa shape index (κ1) is 19.5. The van der Waals surface area contributed by atoms with Crippen molar-refractivity contribution in [1.82, 2.24) is 0 Å². The van der Waals surface area contributed by atoms with Crippen molar-refractivity contribution in [2.75, 3.05) is 0 Å². The van der Waals surface area contributed by atoms with E-state index in [1.54, 1.807) is 0 Å². The molecule has 0 heterocycles. The molecule has 4 rings (SSSR count). The van der Waals surface area contributed by atoms with Crippen molar-refractivity contribution < 1.29 is 14.6 Å². The highest BCUT2D eigenvalue weighted by Crippen LogP contribution is 2.50. The van der Waals surface area contributed by atoms with Gasteiger partial charge in [0.15, 0.2) is 0 Å². The number of ether oxygens (including phenoxy) is 1. The van der Waals surface area contributed by atoms with Crippen molar-refractivity contribution in [1.29, 1.82) is 0 Å². The molecule has 1 N–H and O–H groups in total. The molecule has 3 saturated carbocycles. The zero-order chi connectivity index (χ0) is 19.0. The molecule has 4 aliphatic rings. The van der Waals surface area contributed by atoms with Crippen molar-refractivity contribution in [3.05, 3.63) is 12.2 Å². The van der Waals surface area contributed by atoms with E-state index in [-0.39, 0.29) is 18.0 Å². The zero-order valence-corrected chi connectivity index (χ0v) is 17.2. The highest BCUT2D eigenvalue weighted by molar-refractivity contribution is 5.70. The van der Waals surface area contributed by atoms with Crippen LogP contribution in [0.4, 0.5) is 0 Å². The Hall–Kier alpha value is -0.830. The molecule has 0 aromatic carbocycles. The predicted octanol–water partition coefficient (Wildman–Crippen LogP) is 5.27. The Balaban J connectivity index is 1.26. The van der Waals surface area contributed by atoms with Gasteiger partial charge >= 0.3 is 5.97 Å². The molecule has 27 heavy (non-hydrogen) atoms. The number of allylic oxidation sites excluding steroid dienone is 2. The second-order valence-corrected chi connectivity index (χ2v) is 10.3. The predicted molar refractivity (Wildman–Crippen MR) is 107 cm³/mol. The summed E-state index contributed by atoms with van der Waals surface area (Å²) in [4.78, 5) is 12.7. The van der Waals surface area contributed by atoms with Crippen LogP contribution in [0.5, 0.6) is 0 Å². The summed E-state index contributed by atoms with van der Waals surface area (Å²) in [6.45, 7) is 4.52. The molecule has 152 valence electrons. The number of carbonyl (C=O) groups is 1. The summed E-state index contributed by atoms with van der Waals surface area (Å²) >= 11 is 0. The monoisotopic (exact) mass is 374 g/mol. The molecule has 3 nitrogen and oxygen atoms in total. The molecule has 0 aliphatic heterocycles. The normalized spacial score (nSPS) is 43.7. The largest absolute Gasteiger partial charge is 0.459 e. The van der Waals surface area contributed by atoms with Gasteiger partial charge < -0.3 is 9.84 Å². The summed E-state index contributed by atoms with van der Waals surface area (Å²) in [5.41, 5.74) is -0.266. The molecule has 4 aliphatic carbocycles. The summed E-state index contributed by atoms with van der Waals surface area (Å²) in [6.07, 6.45) is 15.6. The van der Waals surface area contributed by atoms with Gasteiger partial charge in [-0.15, -0.1) is 0 Å². The lowest BCUT2D eigenvalue weighted by Gasteiger charge is -2.50. The molecule has 8 unspecified atom stereocenters. The van der Waals surface area contributed by atoms with E-state index in [2.05, 4.69) is 26.0 Å². The highest BCUT2D eigenvalue weighted by Gasteiger charge is 2.48. The van der Waals surface area contributed by atoms with Gasteiger partial charge in [-0.3, -0.25) is 4.79 Å². The molecule has 0 aromatic rings. The molecule has 0 aromatic heterocycles. The molecule has 4 bridgehead atoms. The lowest BCUT2D eigenvalue weighted by molar-refractivity contribution is -0.180. The van der Waals surface area contributed by atoms with Crippen LogP contribution in [-0.4, -0.2) is 22.8 Å². The number of rotatable bonds is 7. The molecule has 8 atom stereocenters. The summed E-state index contributed by atoms with van der Waals surface area (Å²) < 4.78 is 6.14. The molecular formula is C24H38O3. The van der Waals surface area contributed by atoms with Crippen LogP contribution in [0.1, 0.15) is 84.5 Å². The van der Waals surface area contributed by atoms with Gasteiger partial charge in [0, 0.05) is 0 Å². The second kappa shape index (κ2) is 7.89. The topological polar surface area (TPSA) is 46.5 Å². The van der Waals surface area contributed by atoms with Gasteiger partial charge in [-0.05, 0) is 99.7 Å². The Morgan fingerprint density at radius 2 is 2.07 bits per heavy atom. The Morgan fingerprint density at radius 1 is 1.22 bits per heavy atom. The van der Waals surface area contributed by atoms with Gasteiger partial charge in [-0.25, -0.2) is 0 Å². The second-order valence-electron chi connectivity index (χ2n) is 10.3. The first-order valence-corrected chi connectivity index (χ1v) is 11.6. The van der Waals surface area contributed by atoms with Crippen LogP contribution in [0, 0.1) is 35.5 Å². The molecule has 0 radical (unpaired) electrons. The number of hydrogen-bond acceptors (Lipinski definition) is 3. The minimum Gasteiger partial charge on any atom is -0.459 e. The fraction of sp³-hybridized carbons (Fsp3) is 0.875. The molecule has 0 saturated heterocycles. The number of aliphatic hydroxyl groups excluding tert-OH is 1. The number of aliphatic hydroxyl groups is 1. The maximum atomic E-state index is 12.7. The Labute approximate surface area is 164 Å². The van der Waals surface area contributed by atoms with E-state index in [1.807, 2.05) is 0 Å². The Kier molecular flexibility index (Phi) is 5.69. The maximum Gasteiger partial charge on any atom is 0.308 e. The molecular weight excluding hydrogens is 336 g/mol.